The molecule has 0 aliphatic carbocycles. The fourth-order valence-electron chi connectivity index (χ4n) is 3.75. The molecule has 0 bridgehead atoms. The number of para-hydroxylation sites is 1. The minimum atomic E-state index is -0.263. The molecule has 138 valence electrons. The third-order valence-electron chi connectivity index (χ3n) is 5.17. The van der Waals surface area contributed by atoms with E-state index in [9.17, 15) is 9.18 Å². The van der Waals surface area contributed by atoms with Crippen LogP contribution in [-0.4, -0.2) is 16.6 Å². The molecule has 2 heterocycles. The van der Waals surface area contributed by atoms with Gasteiger partial charge in [0.25, 0.3) is 0 Å². The predicted octanol–water partition coefficient (Wildman–Crippen LogP) is 4.89. The minimum absolute atomic E-state index is 0.0506. The average Bonchev–Trinajstić information content (AvgIpc) is 2.65. The highest BCUT2D eigenvalue weighted by molar-refractivity contribution is 7.99. The van der Waals surface area contributed by atoms with Gasteiger partial charge in [-0.2, -0.15) is 0 Å². The summed E-state index contributed by atoms with van der Waals surface area (Å²) in [6.07, 6.45) is 1.09. The average molecular weight is 380 g/mol. The number of hydrogen-bond acceptors (Lipinski definition) is 3. The molecule has 0 spiro atoms. The van der Waals surface area contributed by atoms with Gasteiger partial charge >= 0.3 is 0 Å². The van der Waals surface area contributed by atoms with E-state index in [1.807, 2.05) is 38.1 Å². The van der Waals surface area contributed by atoms with Crippen molar-refractivity contribution < 1.29 is 9.18 Å². The number of halogens is 1. The zero-order valence-electron chi connectivity index (χ0n) is 15.4. The summed E-state index contributed by atoms with van der Waals surface area (Å²) in [7, 11) is 0. The number of aromatic nitrogens is 1. The summed E-state index contributed by atoms with van der Waals surface area (Å²) < 4.78 is 13.7. The molecule has 2 aromatic carbocycles. The molecular formula is C22H21FN2OS. The van der Waals surface area contributed by atoms with Crippen LogP contribution >= 0.6 is 11.8 Å². The van der Waals surface area contributed by atoms with Gasteiger partial charge in [0.2, 0.25) is 5.91 Å². The normalized spacial score (nSPS) is 16.2. The first-order valence-electron chi connectivity index (χ1n) is 9.09. The standard InChI is InChI=1S/C22H21FN2OS/c1-13-16-5-3-4-6-19(16)24-14(2)17(13)12-22(26)25-20-9-10-27-21-8-7-15(23)11-18(20)21/h3-8,11,20H,9-10,12H2,1-2H3,(H,25,26). The van der Waals surface area contributed by atoms with E-state index in [2.05, 4.69) is 10.3 Å². The Morgan fingerprint density at radius 1 is 1.26 bits per heavy atom. The number of carbonyl (C=O) groups is 1. The molecule has 1 aromatic heterocycles. The van der Waals surface area contributed by atoms with Crippen LogP contribution in [0.2, 0.25) is 0 Å². The molecule has 0 saturated heterocycles. The van der Waals surface area contributed by atoms with E-state index in [0.717, 1.165) is 50.4 Å². The zero-order chi connectivity index (χ0) is 19.0. The third-order valence-corrected chi connectivity index (χ3v) is 6.29. The van der Waals surface area contributed by atoms with Crippen molar-refractivity contribution in [2.24, 2.45) is 0 Å². The van der Waals surface area contributed by atoms with Crippen molar-refractivity contribution >= 4 is 28.6 Å². The maximum absolute atomic E-state index is 13.7. The monoisotopic (exact) mass is 380 g/mol. The van der Waals surface area contributed by atoms with Crippen LogP contribution in [0, 0.1) is 19.7 Å². The predicted molar refractivity (Wildman–Crippen MR) is 108 cm³/mol. The van der Waals surface area contributed by atoms with Gasteiger partial charge in [-0.15, -0.1) is 11.8 Å². The lowest BCUT2D eigenvalue weighted by molar-refractivity contribution is -0.121. The van der Waals surface area contributed by atoms with Crippen molar-refractivity contribution in [3.8, 4) is 0 Å². The van der Waals surface area contributed by atoms with Crippen molar-refractivity contribution in [2.75, 3.05) is 5.75 Å². The van der Waals surface area contributed by atoms with Crippen molar-refractivity contribution in [3.05, 3.63) is 70.7 Å². The number of nitrogens with one attached hydrogen (secondary N) is 1. The van der Waals surface area contributed by atoms with Gasteiger partial charge in [-0.25, -0.2) is 4.39 Å². The molecule has 0 fully saturated rings. The van der Waals surface area contributed by atoms with E-state index >= 15 is 0 Å². The van der Waals surface area contributed by atoms with Crippen LogP contribution in [0.15, 0.2) is 47.4 Å². The molecule has 1 N–H and O–H groups in total. The second-order valence-electron chi connectivity index (χ2n) is 6.93. The first-order chi connectivity index (χ1) is 13.0. The van der Waals surface area contributed by atoms with Crippen molar-refractivity contribution in [3.63, 3.8) is 0 Å². The molecule has 3 nitrogen and oxygen atoms in total. The Balaban J connectivity index is 1.58. The number of hydrogen-bond donors (Lipinski definition) is 1. The van der Waals surface area contributed by atoms with Gasteiger partial charge in [-0.05, 0) is 61.2 Å². The van der Waals surface area contributed by atoms with Gasteiger partial charge in [0.1, 0.15) is 5.82 Å². The lowest BCUT2D eigenvalue weighted by Crippen LogP contribution is -2.32. The van der Waals surface area contributed by atoms with Crippen LogP contribution in [0.5, 0.6) is 0 Å². The Labute approximate surface area is 162 Å². The SMILES string of the molecule is Cc1nc2ccccc2c(C)c1CC(=O)NC1CCSc2ccc(F)cc21. The quantitative estimate of drug-likeness (QED) is 0.704. The summed E-state index contributed by atoms with van der Waals surface area (Å²) in [5.74, 6) is 0.602. The Bertz CT molecular complexity index is 1030. The number of aryl methyl sites for hydroxylation is 2. The van der Waals surface area contributed by atoms with Crippen LogP contribution in [-0.2, 0) is 11.2 Å². The van der Waals surface area contributed by atoms with Crippen LogP contribution in [0.1, 0.15) is 34.8 Å². The Morgan fingerprint density at radius 2 is 2.07 bits per heavy atom. The number of benzene rings is 2. The lowest BCUT2D eigenvalue weighted by Gasteiger charge is -2.26. The minimum Gasteiger partial charge on any atom is -0.349 e. The van der Waals surface area contributed by atoms with E-state index in [0.29, 0.717) is 0 Å². The Hall–Kier alpha value is -2.40. The maximum Gasteiger partial charge on any atom is 0.224 e. The second-order valence-corrected chi connectivity index (χ2v) is 8.07. The largest absolute Gasteiger partial charge is 0.349 e. The fourth-order valence-corrected chi connectivity index (χ4v) is 4.86. The summed E-state index contributed by atoms with van der Waals surface area (Å²) >= 11 is 1.71. The van der Waals surface area contributed by atoms with Crippen molar-refractivity contribution in [1.29, 1.82) is 0 Å². The van der Waals surface area contributed by atoms with E-state index in [1.54, 1.807) is 23.9 Å². The molecule has 1 aliphatic heterocycles. The molecule has 1 aliphatic rings. The van der Waals surface area contributed by atoms with Gasteiger partial charge in [-0.1, -0.05) is 18.2 Å². The second kappa shape index (κ2) is 7.31. The van der Waals surface area contributed by atoms with Crippen LogP contribution in [0.4, 0.5) is 4.39 Å². The van der Waals surface area contributed by atoms with Crippen molar-refractivity contribution in [1.82, 2.24) is 10.3 Å². The molecule has 1 amide bonds. The molecular weight excluding hydrogens is 359 g/mol. The molecule has 1 atom stereocenters. The maximum atomic E-state index is 13.7. The van der Waals surface area contributed by atoms with E-state index in [1.165, 1.54) is 6.07 Å². The highest BCUT2D eigenvalue weighted by Crippen LogP contribution is 2.36. The molecule has 0 saturated carbocycles. The van der Waals surface area contributed by atoms with Gasteiger partial charge < -0.3 is 5.32 Å². The topological polar surface area (TPSA) is 42.0 Å². The number of pyridine rings is 1. The molecule has 5 heteroatoms. The smallest absolute Gasteiger partial charge is 0.224 e. The lowest BCUT2D eigenvalue weighted by atomic mass is 9.98. The van der Waals surface area contributed by atoms with E-state index < -0.39 is 0 Å². The summed E-state index contributed by atoms with van der Waals surface area (Å²) in [6, 6.07) is 12.7. The highest BCUT2D eigenvalue weighted by atomic mass is 32.2. The van der Waals surface area contributed by atoms with Crippen LogP contribution in [0.25, 0.3) is 10.9 Å². The van der Waals surface area contributed by atoms with Crippen LogP contribution in [0.3, 0.4) is 0 Å². The number of thioether (sulfide) groups is 1. The van der Waals surface area contributed by atoms with E-state index in [4.69, 9.17) is 0 Å². The van der Waals surface area contributed by atoms with Gasteiger partial charge in [0.15, 0.2) is 0 Å². The first-order valence-corrected chi connectivity index (χ1v) is 10.1. The van der Waals surface area contributed by atoms with Gasteiger partial charge in [0.05, 0.1) is 18.0 Å². The fraction of sp³-hybridized carbons (Fsp3) is 0.273. The van der Waals surface area contributed by atoms with E-state index in [-0.39, 0.29) is 24.2 Å². The number of carbonyl (C=O) groups excluding carboxylic acids is 1. The molecule has 1 unspecified atom stereocenters. The van der Waals surface area contributed by atoms with Crippen molar-refractivity contribution in [2.45, 2.75) is 37.6 Å². The molecule has 0 radical (unpaired) electrons. The Kier molecular flexibility index (Phi) is 4.87. The zero-order valence-corrected chi connectivity index (χ0v) is 16.2. The number of amides is 1. The summed E-state index contributed by atoms with van der Waals surface area (Å²) in [5.41, 5.74) is 4.77. The number of fused-ring (bicyclic) bond motifs is 2. The molecule has 27 heavy (non-hydrogen) atoms. The highest BCUT2D eigenvalue weighted by Gasteiger charge is 2.23. The van der Waals surface area contributed by atoms with Gasteiger partial charge in [0, 0.05) is 21.7 Å². The van der Waals surface area contributed by atoms with Crippen LogP contribution < -0.4 is 5.32 Å². The number of rotatable bonds is 3. The summed E-state index contributed by atoms with van der Waals surface area (Å²) in [4.78, 5) is 18.5. The summed E-state index contributed by atoms with van der Waals surface area (Å²) in [6.45, 7) is 3.99. The summed E-state index contributed by atoms with van der Waals surface area (Å²) in [5, 5.41) is 4.18. The first kappa shape index (κ1) is 18.0. The molecule has 3 aromatic rings. The number of nitrogens with zero attached hydrogens (tertiary/aromatic N) is 1. The van der Waals surface area contributed by atoms with Gasteiger partial charge in [-0.3, -0.25) is 9.78 Å². The third kappa shape index (κ3) is 3.56. The molecule has 4 rings (SSSR count). The Morgan fingerprint density at radius 3 is 2.93 bits per heavy atom.